The summed E-state index contributed by atoms with van der Waals surface area (Å²) in [5.41, 5.74) is -0.0897. The number of nitrogens with one attached hydrogen (secondary N) is 2. The fraction of sp³-hybridized carbons (Fsp3) is 0.0769. The van der Waals surface area contributed by atoms with Crippen LogP contribution in [0.5, 0.6) is 0 Å². The second kappa shape index (κ2) is 7.21. The third-order valence-corrected chi connectivity index (χ3v) is 2.74. The van der Waals surface area contributed by atoms with E-state index in [0.717, 1.165) is 4.47 Å². The van der Waals surface area contributed by atoms with Crippen LogP contribution in [0.4, 0.5) is 5.95 Å². The Labute approximate surface area is 128 Å². The van der Waals surface area contributed by atoms with Crippen LogP contribution in [-0.2, 0) is 11.3 Å². The van der Waals surface area contributed by atoms with E-state index in [1.54, 1.807) is 30.6 Å². The fourth-order valence-corrected chi connectivity index (χ4v) is 1.55. The van der Waals surface area contributed by atoms with Crippen LogP contribution in [0.1, 0.15) is 5.76 Å². The first-order chi connectivity index (χ1) is 10.2. The molecule has 7 nitrogen and oxygen atoms in total. The van der Waals surface area contributed by atoms with Gasteiger partial charge in [0, 0.05) is 18.6 Å². The number of halogens is 1. The number of nitrogens with zero attached hydrogens (tertiary/aromatic N) is 3. The summed E-state index contributed by atoms with van der Waals surface area (Å²) < 4.78 is 5.81. The molecule has 0 aliphatic heterocycles. The quantitative estimate of drug-likeness (QED) is 0.632. The third kappa shape index (κ3) is 4.43. The van der Waals surface area contributed by atoms with E-state index in [1.807, 2.05) is 0 Å². The summed E-state index contributed by atoms with van der Waals surface area (Å²) >= 11 is 3.21. The van der Waals surface area contributed by atoms with Gasteiger partial charge in [-0.1, -0.05) is 0 Å². The van der Waals surface area contributed by atoms with Crippen molar-refractivity contribution in [2.45, 2.75) is 6.54 Å². The van der Waals surface area contributed by atoms with Crippen LogP contribution in [-0.4, -0.2) is 15.9 Å². The highest BCUT2D eigenvalue weighted by Gasteiger charge is 2.09. The summed E-state index contributed by atoms with van der Waals surface area (Å²) in [7, 11) is 0. The number of carbonyl (C=O) groups excluding carboxylic acids is 1. The van der Waals surface area contributed by atoms with Gasteiger partial charge in [-0.15, -0.1) is 0 Å². The van der Waals surface area contributed by atoms with E-state index in [4.69, 9.17) is 9.68 Å². The van der Waals surface area contributed by atoms with Crippen LogP contribution in [0.25, 0.3) is 0 Å². The van der Waals surface area contributed by atoms with Crippen molar-refractivity contribution in [3.8, 4) is 6.07 Å². The molecule has 0 aliphatic carbocycles. The first-order valence-corrected chi connectivity index (χ1v) is 6.63. The number of furan rings is 1. The average Bonchev–Trinajstić information content (AvgIpc) is 3.01. The van der Waals surface area contributed by atoms with Crippen molar-refractivity contribution in [1.82, 2.24) is 15.3 Å². The molecule has 0 aromatic carbocycles. The number of nitriles is 1. The molecule has 0 aliphatic rings. The Morgan fingerprint density at radius 2 is 2.24 bits per heavy atom. The van der Waals surface area contributed by atoms with Gasteiger partial charge >= 0.3 is 0 Å². The molecule has 21 heavy (non-hydrogen) atoms. The molecular formula is C13H10BrN5O2. The highest BCUT2D eigenvalue weighted by molar-refractivity contribution is 9.10. The van der Waals surface area contributed by atoms with Gasteiger partial charge in [-0.3, -0.25) is 4.79 Å². The molecule has 2 N–H and O–H groups in total. The fourth-order valence-electron chi connectivity index (χ4n) is 1.35. The van der Waals surface area contributed by atoms with Gasteiger partial charge in [0.15, 0.2) is 0 Å². The Morgan fingerprint density at radius 3 is 2.86 bits per heavy atom. The van der Waals surface area contributed by atoms with Crippen molar-refractivity contribution in [1.29, 1.82) is 5.26 Å². The molecule has 2 aromatic heterocycles. The molecule has 2 rings (SSSR count). The lowest BCUT2D eigenvalue weighted by atomic mass is 10.3. The Balaban J connectivity index is 1.94. The molecule has 0 unspecified atom stereocenters. The first-order valence-electron chi connectivity index (χ1n) is 5.84. The number of rotatable bonds is 5. The topological polar surface area (TPSA) is 104 Å². The molecule has 1 amide bonds. The largest absolute Gasteiger partial charge is 0.467 e. The summed E-state index contributed by atoms with van der Waals surface area (Å²) in [4.78, 5) is 19.7. The van der Waals surface area contributed by atoms with Gasteiger partial charge in [0.2, 0.25) is 5.95 Å². The SMILES string of the molecule is N#C/C(=C/Nc1ncc(Br)cn1)C(=O)NCc1ccco1. The lowest BCUT2D eigenvalue weighted by molar-refractivity contribution is -0.117. The second-order valence-corrected chi connectivity index (χ2v) is 4.72. The van der Waals surface area contributed by atoms with Gasteiger partial charge in [0.05, 0.1) is 17.3 Å². The Hall–Kier alpha value is -2.66. The minimum atomic E-state index is -0.515. The lowest BCUT2D eigenvalue weighted by Gasteiger charge is -2.03. The van der Waals surface area contributed by atoms with Crippen LogP contribution in [0.3, 0.4) is 0 Å². The van der Waals surface area contributed by atoms with Gasteiger partial charge in [0.1, 0.15) is 17.4 Å². The lowest BCUT2D eigenvalue weighted by Crippen LogP contribution is -2.24. The predicted molar refractivity (Wildman–Crippen MR) is 77.6 cm³/mol. The summed E-state index contributed by atoms with van der Waals surface area (Å²) in [6, 6.07) is 5.25. The highest BCUT2D eigenvalue weighted by atomic mass is 79.9. The minimum Gasteiger partial charge on any atom is -0.467 e. The molecule has 2 aromatic rings. The van der Waals surface area contributed by atoms with Gasteiger partial charge in [-0.05, 0) is 28.1 Å². The van der Waals surface area contributed by atoms with Gasteiger partial charge in [0.25, 0.3) is 5.91 Å². The molecule has 0 fully saturated rings. The first kappa shape index (κ1) is 14.7. The minimum absolute atomic E-state index is 0.0897. The summed E-state index contributed by atoms with van der Waals surface area (Å²) in [6.45, 7) is 0.208. The number of amides is 1. The Morgan fingerprint density at radius 1 is 1.48 bits per heavy atom. The molecule has 0 radical (unpaired) electrons. The van der Waals surface area contributed by atoms with Crippen molar-refractivity contribution >= 4 is 27.8 Å². The maximum Gasteiger partial charge on any atom is 0.263 e. The Bertz CT molecular complexity index is 674. The number of carbonyl (C=O) groups is 1. The van der Waals surface area contributed by atoms with E-state index in [0.29, 0.717) is 5.76 Å². The number of hydrogen-bond donors (Lipinski definition) is 2. The van der Waals surface area contributed by atoms with Crippen molar-refractivity contribution in [2.24, 2.45) is 0 Å². The summed E-state index contributed by atoms with van der Waals surface area (Å²) in [5, 5.41) is 14.2. The standard InChI is InChI=1S/C13H10BrN5O2/c14-10-6-18-13(19-7-10)17-5-9(4-15)12(20)16-8-11-2-1-3-21-11/h1-3,5-7H,8H2,(H,16,20)(H,17,18,19)/b9-5-. The van der Waals surface area contributed by atoms with E-state index in [1.165, 1.54) is 12.5 Å². The molecule has 0 saturated carbocycles. The normalized spacial score (nSPS) is 10.8. The van der Waals surface area contributed by atoms with E-state index in [9.17, 15) is 4.79 Å². The third-order valence-electron chi connectivity index (χ3n) is 2.33. The molecule has 0 atom stereocenters. The van der Waals surface area contributed by atoms with Gasteiger partial charge in [-0.25, -0.2) is 9.97 Å². The van der Waals surface area contributed by atoms with Gasteiger partial charge < -0.3 is 15.1 Å². The van der Waals surface area contributed by atoms with E-state index in [2.05, 4.69) is 36.5 Å². The predicted octanol–water partition coefficient (Wildman–Crippen LogP) is 1.97. The second-order valence-electron chi connectivity index (χ2n) is 3.80. The van der Waals surface area contributed by atoms with Crippen molar-refractivity contribution in [3.05, 3.63) is 52.8 Å². The zero-order chi connectivity index (χ0) is 15.1. The summed E-state index contributed by atoms with van der Waals surface area (Å²) in [5.74, 6) is 0.369. The zero-order valence-electron chi connectivity index (χ0n) is 10.7. The molecule has 0 spiro atoms. The molecule has 0 bridgehead atoms. The number of aromatic nitrogens is 2. The van der Waals surface area contributed by atoms with Crippen LogP contribution in [0, 0.1) is 11.3 Å². The van der Waals surface area contributed by atoms with Crippen molar-refractivity contribution in [3.63, 3.8) is 0 Å². The highest BCUT2D eigenvalue weighted by Crippen LogP contribution is 2.07. The number of anilines is 1. The molecular weight excluding hydrogens is 338 g/mol. The number of hydrogen-bond acceptors (Lipinski definition) is 6. The smallest absolute Gasteiger partial charge is 0.263 e. The van der Waals surface area contributed by atoms with Crippen molar-refractivity contribution < 1.29 is 9.21 Å². The zero-order valence-corrected chi connectivity index (χ0v) is 12.3. The average molecular weight is 348 g/mol. The van der Waals surface area contributed by atoms with E-state index in [-0.39, 0.29) is 18.1 Å². The molecule has 106 valence electrons. The van der Waals surface area contributed by atoms with Crippen LogP contribution in [0.15, 0.2) is 51.5 Å². The van der Waals surface area contributed by atoms with Crippen molar-refractivity contribution in [2.75, 3.05) is 5.32 Å². The molecule has 0 saturated heterocycles. The van der Waals surface area contributed by atoms with E-state index >= 15 is 0 Å². The monoisotopic (exact) mass is 347 g/mol. The van der Waals surface area contributed by atoms with E-state index < -0.39 is 5.91 Å². The van der Waals surface area contributed by atoms with Crippen LogP contribution < -0.4 is 10.6 Å². The van der Waals surface area contributed by atoms with Gasteiger partial charge in [-0.2, -0.15) is 5.26 Å². The molecule has 2 heterocycles. The maximum atomic E-state index is 11.8. The van der Waals surface area contributed by atoms with Crippen LogP contribution >= 0.6 is 15.9 Å². The summed E-state index contributed by atoms with van der Waals surface area (Å²) in [6.07, 6.45) is 5.86. The Kier molecular flexibility index (Phi) is 5.06. The maximum absolute atomic E-state index is 11.8. The van der Waals surface area contributed by atoms with Crippen LogP contribution in [0.2, 0.25) is 0 Å². The molecule has 8 heteroatoms.